The van der Waals surface area contributed by atoms with Gasteiger partial charge in [-0.25, -0.2) is 0 Å². The van der Waals surface area contributed by atoms with Crippen LogP contribution in [0.1, 0.15) is 70.4 Å². The number of carbonyl (C=O) groups excluding carboxylic acids is 2. The number of amides is 1. The maximum Gasteiger partial charge on any atom is 0.306 e. The van der Waals surface area contributed by atoms with Gasteiger partial charge in [-0.3, -0.25) is 9.59 Å². The first-order chi connectivity index (χ1) is 12.4. The van der Waals surface area contributed by atoms with Crippen LogP contribution in [0.4, 0.5) is 5.00 Å². The van der Waals surface area contributed by atoms with Crippen molar-refractivity contribution in [3.05, 3.63) is 16.0 Å². The second-order valence-electron chi connectivity index (χ2n) is 8.68. The number of nitriles is 1. The molecule has 0 fully saturated rings. The van der Waals surface area contributed by atoms with Gasteiger partial charge in [0.25, 0.3) is 5.91 Å². The topological polar surface area (TPSA) is 91.2 Å². The lowest BCUT2D eigenvalue weighted by Gasteiger charge is -2.42. The predicted molar refractivity (Wildman–Crippen MR) is 107 cm³/mol. The Labute approximate surface area is 165 Å². The molecule has 0 unspecified atom stereocenters. The standard InChI is InChI=1S/C20H29N3O3S/c1-12(2)7-8-16(25)26-11-15(24)22-18-14(10-21)13-9-19(3,4)23-20(5,6)17(13)27-18/h12,23H,7-9,11H2,1-6H3,(H,22,24). The molecule has 6 nitrogen and oxygen atoms in total. The molecule has 0 saturated carbocycles. The van der Waals surface area contributed by atoms with E-state index < -0.39 is 5.91 Å². The highest BCUT2D eigenvalue weighted by molar-refractivity contribution is 7.17. The Balaban J connectivity index is 2.10. The molecule has 1 amide bonds. The van der Waals surface area contributed by atoms with Crippen LogP contribution in [0.15, 0.2) is 0 Å². The molecule has 0 aliphatic carbocycles. The molecule has 1 aliphatic rings. The van der Waals surface area contributed by atoms with Gasteiger partial charge >= 0.3 is 5.97 Å². The second kappa shape index (κ2) is 7.99. The van der Waals surface area contributed by atoms with Crippen LogP contribution in [0, 0.1) is 17.2 Å². The summed E-state index contributed by atoms with van der Waals surface area (Å²) in [6.07, 6.45) is 1.75. The van der Waals surface area contributed by atoms with E-state index in [2.05, 4.69) is 44.4 Å². The number of ether oxygens (including phenoxy) is 1. The van der Waals surface area contributed by atoms with Crippen molar-refractivity contribution in [1.82, 2.24) is 5.32 Å². The molecule has 0 spiro atoms. The number of nitrogens with zero attached hydrogens (tertiary/aromatic N) is 1. The number of anilines is 1. The van der Waals surface area contributed by atoms with E-state index >= 15 is 0 Å². The van der Waals surface area contributed by atoms with Gasteiger partial charge in [0.05, 0.1) is 5.56 Å². The number of carbonyl (C=O) groups is 2. The molecule has 27 heavy (non-hydrogen) atoms. The van der Waals surface area contributed by atoms with Gasteiger partial charge < -0.3 is 15.4 Å². The summed E-state index contributed by atoms with van der Waals surface area (Å²) < 4.78 is 5.03. The van der Waals surface area contributed by atoms with Crippen LogP contribution >= 0.6 is 11.3 Å². The summed E-state index contributed by atoms with van der Waals surface area (Å²) in [6, 6.07) is 2.24. The van der Waals surface area contributed by atoms with Crippen LogP contribution in [0.5, 0.6) is 0 Å². The van der Waals surface area contributed by atoms with Crippen LogP contribution in [-0.4, -0.2) is 24.0 Å². The van der Waals surface area contributed by atoms with E-state index in [1.54, 1.807) is 0 Å². The Morgan fingerprint density at radius 3 is 2.59 bits per heavy atom. The van der Waals surface area contributed by atoms with Gasteiger partial charge in [0, 0.05) is 22.4 Å². The van der Waals surface area contributed by atoms with E-state index in [1.807, 2.05) is 13.8 Å². The Kier molecular flexibility index (Phi) is 6.33. The summed E-state index contributed by atoms with van der Waals surface area (Å²) in [5, 5.41) is 16.5. The van der Waals surface area contributed by atoms with E-state index in [0.29, 0.717) is 29.3 Å². The highest BCUT2D eigenvalue weighted by Crippen LogP contribution is 2.44. The number of hydrogen-bond acceptors (Lipinski definition) is 6. The molecule has 1 aromatic heterocycles. The van der Waals surface area contributed by atoms with E-state index in [9.17, 15) is 14.9 Å². The summed E-state index contributed by atoms with van der Waals surface area (Å²) in [5.41, 5.74) is 1.06. The third kappa shape index (κ3) is 5.30. The average molecular weight is 392 g/mol. The molecule has 0 saturated heterocycles. The Bertz CT molecular complexity index is 772. The lowest BCUT2D eigenvalue weighted by atomic mass is 9.81. The molecule has 2 N–H and O–H groups in total. The zero-order valence-electron chi connectivity index (χ0n) is 17.0. The minimum absolute atomic E-state index is 0.142. The first kappa shape index (κ1) is 21.4. The Hall–Kier alpha value is -1.91. The molecular formula is C20H29N3O3S. The molecular weight excluding hydrogens is 362 g/mol. The van der Waals surface area contributed by atoms with Crippen LogP contribution in [0.25, 0.3) is 0 Å². The van der Waals surface area contributed by atoms with Crippen molar-refractivity contribution in [2.45, 2.75) is 71.9 Å². The quantitative estimate of drug-likeness (QED) is 0.722. The molecule has 0 bridgehead atoms. The maximum absolute atomic E-state index is 12.2. The molecule has 0 radical (unpaired) electrons. The molecule has 0 aromatic carbocycles. The first-order valence-corrected chi connectivity index (χ1v) is 10.1. The minimum atomic E-state index is -0.423. The van der Waals surface area contributed by atoms with E-state index in [1.165, 1.54) is 11.3 Å². The van der Waals surface area contributed by atoms with E-state index in [0.717, 1.165) is 16.9 Å². The van der Waals surface area contributed by atoms with Crippen molar-refractivity contribution in [3.8, 4) is 6.07 Å². The molecule has 1 aliphatic heterocycles. The Morgan fingerprint density at radius 2 is 2.00 bits per heavy atom. The summed E-state index contributed by atoms with van der Waals surface area (Å²) in [7, 11) is 0. The molecule has 1 aromatic rings. The highest BCUT2D eigenvalue weighted by Gasteiger charge is 2.40. The zero-order chi connectivity index (χ0) is 20.4. The Morgan fingerprint density at radius 1 is 1.33 bits per heavy atom. The summed E-state index contributed by atoms with van der Waals surface area (Å²) in [4.78, 5) is 25.0. The van der Waals surface area contributed by atoms with Crippen LogP contribution in [-0.2, 0) is 26.3 Å². The first-order valence-electron chi connectivity index (χ1n) is 9.26. The van der Waals surface area contributed by atoms with Gasteiger partial charge in [-0.1, -0.05) is 13.8 Å². The van der Waals surface area contributed by atoms with Crippen LogP contribution in [0.3, 0.4) is 0 Å². The number of fused-ring (bicyclic) bond motifs is 1. The predicted octanol–water partition coefficient (Wildman–Crippen LogP) is 3.70. The van der Waals surface area contributed by atoms with Gasteiger partial charge in [-0.2, -0.15) is 5.26 Å². The molecule has 2 rings (SSSR count). The van der Waals surface area contributed by atoms with Crippen molar-refractivity contribution in [3.63, 3.8) is 0 Å². The molecule has 148 valence electrons. The zero-order valence-corrected chi connectivity index (χ0v) is 17.8. The highest BCUT2D eigenvalue weighted by atomic mass is 32.1. The van der Waals surface area contributed by atoms with Gasteiger partial charge in [-0.15, -0.1) is 11.3 Å². The maximum atomic E-state index is 12.2. The SMILES string of the molecule is CC(C)CCC(=O)OCC(=O)Nc1sc2c(c1C#N)CC(C)(C)NC2(C)C. The number of rotatable bonds is 6. The van der Waals surface area contributed by atoms with Crippen molar-refractivity contribution >= 4 is 28.2 Å². The van der Waals surface area contributed by atoms with E-state index in [-0.39, 0.29) is 23.7 Å². The van der Waals surface area contributed by atoms with Crippen LogP contribution in [0.2, 0.25) is 0 Å². The smallest absolute Gasteiger partial charge is 0.306 e. The number of thiophene rings is 1. The van der Waals surface area contributed by atoms with Crippen molar-refractivity contribution < 1.29 is 14.3 Å². The van der Waals surface area contributed by atoms with Crippen molar-refractivity contribution in [1.29, 1.82) is 5.26 Å². The van der Waals surface area contributed by atoms with Crippen LogP contribution < -0.4 is 10.6 Å². The number of nitrogens with one attached hydrogen (secondary N) is 2. The number of esters is 1. The monoisotopic (exact) mass is 391 g/mol. The van der Waals surface area contributed by atoms with Crippen molar-refractivity contribution in [2.75, 3.05) is 11.9 Å². The number of hydrogen-bond donors (Lipinski definition) is 2. The molecule has 7 heteroatoms. The largest absolute Gasteiger partial charge is 0.456 e. The normalized spacial score (nSPS) is 17.1. The summed E-state index contributed by atoms with van der Waals surface area (Å²) >= 11 is 1.41. The fourth-order valence-corrected chi connectivity index (χ4v) is 4.76. The van der Waals surface area contributed by atoms with E-state index in [4.69, 9.17) is 4.74 Å². The lowest BCUT2D eigenvalue weighted by Crippen LogP contribution is -2.54. The lowest BCUT2D eigenvalue weighted by molar-refractivity contribution is -0.147. The third-order valence-electron chi connectivity index (χ3n) is 4.50. The fraction of sp³-hybridized carbons (Fsp3) is 0.650. The van der Waals surface area contributed by atoms with Gasteiger partial charge in [0.1, 0.15) is 11.1 Å². The van der Waals surface area contributed by atoms with Crippen molar-refractivity contribution in [2.24, 2.45) is 5.92 Å². The van der Waals surface area contributed by atoms with Gasteiger partial charge in [-0.05, 0) is 52.0 Å². The molecule has 2 heterocycles. The second-order valence-corrected chi connectivity index (χ2v) is 9.70. The van der Waals surface area contributed by atoms with Gasteiger partial charge in [0.2, 0.25) is 0 Å². The summed E-state index contributed by atoms with van der Waals surface area (Å²) in [6.45, 7) is 12.1. The van der Waals surface area contributed by atoms with Gasteiger partial charge in [0.15, 0.2) is 6.61 Å². The third-order valence-corrected chi connectivity index (χ3v) is 5.97. The fourth-order valence-electron chi connectivity index (χ4n) is 3.52. The summed E-state index contributed by atoms with van der Waals surface area (Å²) in [5.74, 6) is -0.395. The minimum Gasteiger partial charge on any atom is -0.456 e. The molecule has 0 atom stereocenters. The average Bonchev–Trinajstić information content (AvgIpc) is 2.86.